The number of piperidine rings is 1. The van der Waals surface area contributed by atoms with E-state index in [0.29, 0.717) is 41.5 Å². The average molecular weight is 516 g/mol. The Morgan fingerprint density at radius 2 is 1.95 bits per heavy atom. The molecule has 0 aliphatic carbocycles. The van der Waals surface area contributed by atoms with Gasteiger partial charge in [-0.1, -0.05) is 19.9 Å². The molecule has 2 aliphatic heterocycles. The van der Waals surface area contributed by atoms with Crippen molar-refractivity contribution in [3.05, 3.63) is 47.9 Å². The number of ether oxygens (including phenoxy) is 2. The molecule has 8 heteroatoms. The van der Waals surface area contributed by atoms with Crippen LogP contribution in [-0.4, -0.2) is 63.8 Å². The van der Waals surface area contributed by atoms with Gasteiger partial charge in [0.05, 0.1) is 12.8 Å². The van der Waals surface area contributed by atoms with E-state index in [1.165, 1.54) is 16.5 Å². The van der Waals surface area contributed by atoms with Crippen LogP contribution in [0.2, 0.25) is 0 Å². The first kappa shape index (κ1) is 24.9. The second-order valence-corrected chi connectivity index (χ2v) is 11.1. The standard InChI is InChI=1S/C30H37N5O3/c1-19(2)28-24-15-22(21-6-10-34(11-7-21)27(36)14-20-8-12-38-13-9-20)4-5-25(24)33-29(28)23-16-26(37-3)30-31-18-32-35(30)17-23/h4-5,15-21,33H,6-14H2,1-3H3. The highest BCUT2D eigenvalue weighted by molar-refractivity contribution is 5.92. The summed E-state index contributed by atoms with van der Waals surface area (Å²) in [5.74, 6) is 2.31. The van der Waals surface area contributed by atoms with Crippen molar-refractivity contribution in [2.45, 2.75) is 57.8 Å². The van der Waals surface area contributed by atoms with Gasteiger partial charge in [0, 0.05) is 55.4 Å². The summed E-state index contributed by atoms with van der Waals surface area (Å²) in [6.07, 6.45) is 8.28. The van der Waals surface area contributed by atoms with E-state index in [1.54, 1.807) is 18.0 Å². The van der Waals surface area contributed by atoms with Gasteiger partial charge in [0.15, 0.2) is 11.4 Å². The van der Waals surface area contributed by atoms with E-state index < -0.39 is 0 Å². The minimum Gasteiger partial charge on any atom is -0.493 e. The molecule has 0 atom stereocenters. The lowest BCUT2D eigenvalue weighted by Crippen LogP contribution is -2.39. The monoisotopic (exact) mass is 515 g/mol. The zero-order chi connectivity index (χ0) is 26.2. The van der Waals surface area contributed by atoms with Crippen molar-refractivity contribution in [3.8, 4) is 17.0 Å². The Kier molecular flexibility index (Phi) is 6.82. The summed E-state index contributed by atoms with van der Waals surface area (Å²) in [5, 5.41) is 5.61. The Balaban J connectivity index is 1.24. The maximum Gasteiger partial charge on any atom is 0.222 e. The van der Waals surface area contributed by atoms with Gasteiger partial charge < -0.3 is 19.4 Å². The van der Waals surface area contributed by atoms with Crippen molar-refractivity contribution in [1.29, 1.82) is 0 Å². The molecule has 200 valence electrons. The van der Waals surface area contributed by atoms with Gasteiger partial charge in [0.1, 0.15) is 6.33 Å². The van der Waals surface area contributed by atoms with Crippen LogP contribution in [0.15, 0.2) is 36.8 Å². The lowest BCUT2D eigenvalue weighted by Gasteiger charge is -2.33. The van der Waals surface area contributed by atoms with Crippen LogP contribution in [0.3, 0.4) is 0 Å². The summed E-state index contributed by atoms with van der Waals surface area (Å²) in [5.41, 5.74) is 6.62. The van der Waals surface area contributed by atoms with E-state index in [1.807, 2.05) is 12.3 Å². The van der Waals surface area contributed by atoms with E-state index in [4.69, 9.17) is 9.47 Å². The lowest BCUT2D eigenvalue weighted by molar-refractivity contribution is -0.134. The molecular formula is C30H37N5O3. The van der Waals surface area contributed by atoms with Crippen LogP contribution >= 0.6 is 0 Å². The third kappa shape index (κ3) is 4.66. The van der Waals surface area contributed by atoms with Gasteiger partial charge in [-0.3, -0.25) is 4.79 Å². The first-order valence-corrected chi connectivity index (χ1v) is 13.9. The van der Waals surface area contributed by atoms with Gasteiger partial charge in [0.2, 0.25) is 5.91 Å². The van der Waals surface area contributed by atoms with Gasteiger partial charge in [0.25, 0.3) is 0 Å². The second kappa shape index (κ2) is 10.4. The van der Waals surface area contributed by atoms with Gasteiger partial charge in [-0.15, -0.1) is 0 Å². The van der Waals surface area contributed by atoms with Gasteiger partial charge in [-0.25, -0.2) is 9.50 Å². The summed E-state index contributed by atoms with van der Waals surface area (Å²) >= 11 is 0. The van der Waals surface area contributed by atoms with E-state index in [-0.39, 0.29) is 0 Å². The fourth-order valence-corrected chi connectivity index (χ4v) is 6.28. The van der Waals surface area contributed by atoms with Crippen molar-refractivity contribution < 1.29 is 14.3 Å². The largest absolute Gasteiger partial charge is 0.493 e. The zero-order valence-electron chi connectivity index (χ0n) is 22.6. The predicted octanol–water partition coefficient (Wildman–Crippen LogP) is 5.53. The number of amides is 1. The molecule has 8 nitrogen and oxygen atoms in total. The first-order chi connectivity index (χ1) is 18.5. The number of aromatic nitrogens is 4. The van der Waals surface area contributed by atoms with Gasteiger partial charge >= 0.3 is 0 Å². The van der Waals surface area contributed by atoms with Crippen molar-refractivity contribution in [3.63, 3.8) is 0 Å². The lowest BCUT2D eigenvalue weighted by atomic mass is 9.87. The Morgan fingerprint density at radius 3 is 2.68 bits per heavy atom. The predicted molar refractivity (Wildman–Crippen MR) is 148 cm³/mol. The number of methoxy groups -OCH3 is 1. The molecule has 0 bridgehead atoms. The fourth-order valence-electron chi connectivity index (χ4n) is 6.28. The molecule has 1 N–H and O–H groups in total. The van der Waals surface area contributed by atoms with E-state index >= 15 is 0 Å². The highest BCUT2D eigenvalue weighted by Gasteiger charge is 2.27. The molecule has 0 radical (unpaired) electrons. The quantitative estimate of drug-likeness (QED) is 0.365. The minimum absolute atomic E-state index is 0.322. The number of likely N-dealkylation sites (tertiary alicyclic amines) is 1. The van der Waals surface area contributed by atoms with Crippen LogP contribution < -0.4 is 4.74 Å². The number of carbonyl (C=O) groups is 1. The third-order valence-corrected chi connectivity index (χ3v) is 8.41. The van der Waals surface area contributed by atoms with Crippen molar-refractivity contribution >= 4 is 22.5 Å². The van der Waals surface area contributed by atoms with Crippen LogP contribution in [0.1, 0.15) is 68.9 Å². The van der Waals surface area contributed by atoms with Crippen LogP contribution in [0.25, 0.3) is 27.8 Å². The molecule has 0 unspecified atom stereocenters. The Bertz CT molecular complexity index is 1440. The average Bonchev–Trinajstić information content (AvgIpc) is 3.57. The number of benzene rings is 1. The number of H-pyrrole nitrogens is 1. The number of hydrogen-bond acceptors (Lipinski definition) is 5. The Morgan fingerprint density at radius 1 is 1.16 bits per heavy atom. The minimum atomic E-state index is 0.322. The normalized spacial score (nSPS) is 17.6. The smallest absolute Gasteiger partial charge is 0.222 e. The molecule has 0 saturated carbocycles. The first-order valence-electron chi connectivity index (χ1n) is 13.9. The highest BCUT2D eigenvalue weighted by atomic mass is 16.5. The summed E-state index contributed by atoms with van der Waals surface area (Å²) in [4.78, 5) is 23.0. The molecule has 2 saturated heterocycles. The van der Waals surface area contributed by atoms with Crippen molar-refractivity contribution in [1.82, 2.24) is 24.5 Å². The van der Waals surface area contributed by atoms with E-state index in [2.05, 4.69) is 52.0 Å². The fraction of sp³-hybridized carbons (Fsp3) is 0.500. The maximum atomic E-state index is 12.9. The molecule has 6 rings (SSSR count). The molecule has 4 aromatic rings. The molecule has 1 aromatic carbocycles. The third-order valence-electron chi connectivity index (χ3n) is 8.41. The number of nitrogens with zero attached hydrogens (tertiary/aromatic N) is 4. The molecule has 0 spiro atoms. The number of rotatable bonds is 6. The molecule has 3 aromatic heterocycles. The number of nitrogens with one attached hydrogen (secondary N) is 1. The van der Waals surface area contributed by atoms with E-state index in [9.17, 15) is 4.79 Å². The topological polar surface area (TPSA) is 84.8 Å². The van der Waals surface area contributed by atoms with Crippen LogP contribution in [0.4, 0.5) is 0 Å². The maximum absolute atomic E-state index is 12.9. The number of fused-ring (bicyclic) bond motifs is 2. The molecule has 5 heterocycles. The Hall–Kier alpha value is -3.39. The molecule has 1 amide bonds. The molecule has 2 aliphatic rings. The summed E-state index contributed by atoms with van der Waals surface area (Å²) < 4.78 is 12.8. The van der Waals surface area contributed by atoms with Gasteiger partial charge in [-0.05, 0) is 72.8 Å². The summed E-state index contributed by atoms with van der Waals surface area (Å²) in [6, 6.07) is 8.89. The molecule has 2 fully saturated rings. The summed E-state index contributed by atoms with van der Waals surface area (Å²) in [6.45, 7) is 7.77. The molecular weight excluding hydrogens is 478 g/mol. The van der Waals surface area contributed by atoms with E-state index in [0.717, 1.165) is 68.8 Å². The molecule has 38 heavy (non-hydrogen) atoms. The summed E-state index contributed by atoms with van der Waals surface area (Å²) in [7, 11) is 1.67. The van der Waals surface area contributed by atoms with Crippen LogP contribution in [0.5, 0.6) is 5.75 Å². The number of pyridine rings is 1. The van der Waals surface area contributed by atoms with Crippen LogP contribution in [-0.2, 0) is 9.53 Å². The number of aromatic amines is 1. The Labute approximate surface area is 223 Å². The van der Waals surface area contributed by atoms with Crippen LogP contribution in [0, 0.1) is 5.92 Å². The zero-order valence-corrected chi connectivity index (χ0v) is 22.6. The van der Waals surface area contributed by atoms with Crippen molar-refractivity contribution in [2.24, 2.45) is 5.92 Å². The number of hydrogen-bond donors (Lipinski definition) is 1. The second-order valence-electron chi connectivity index (χ2n) is 11.1. The number of carbonyl (C=O) groups excluding carboxylic acids is 1. The van der Waals surface area contributed by atoms with Crippen molar-refractivity contribution in [2.75, 3.05) is 33.4 Å². The SMILES string of the molecule is COc1cc(-c2[nH]c3ccc(C4CCN(C(=O)CC5CCOCC5)CC4)cc3c2C(C)C)cn2ncnc12. The highest BCUT2D eigenvalue weighted by Crippen LogP contribution is 2.39. The van der Waals surface area contributed by atoms with Gasteiger partial charge in [-0.2, -0.15) is 5.10 Å².